The zero-order valence-electron chi connectivity index (χ0n) is 9.67. The average Bonchev–Trinajstić information content (AvgIpc) is 2.38. The van der Waals surface area contributed by atoms with Crippen molar-refractivity contribution in [1.82, 2.24) is 0 Å². The first-order valence-electron chi connectivity index (χ1n) is 5.58. The third kappa shape index (κ3) is 1.54. The molecule has 0 N–H and O–H groups in total. The summed E-state index contributed by atoms with van der Waals surface area (Å²) in [5, 5.41) is 0. The number of benzene rings is 1. The van der Waals surface area contributed by atoms with Gasteiger partial charge in [0, 0.05) is 0 Å². The van der Waals surface area contributed by atoms with Crippen LogP contribution in [0.5, 0.6) is 0 Å². The molecule has 0 aliphatic heterocycles. The van der Waals surface area contributed by atoms with Crippen molar-refractivity contribution in [2.24, 2.45) is 5.92 Å². The van der Waals surface area contributed by atoms with Crippen molar-refractivity contribution in [3.8, 4) is 0 Å². The molecule has 0 nitrogen and oxygen atoms in total. The molecule has 0 saturated heterocycles. The minimum Gasteiger partial charge on any atom is -0.0691 e. The SMILES string of the molecule is CC1Cc2ccccc2C1[Si](C)(C)C. The van der Waals surface area contributed by atoms with E-state index in [1.165, 1.54) is 6.42 Å². The molecule has 0 fully saturated rings. The molecule has 2 unspecified atom stereocenters. The Labute approximate surface area is 88.4 Å². The lowest BCUT2D eigenvalue weighted by molar-refractivity contribution is 0.592. The van der Waals surface area contributed by atoms with E-state index in [-0.39, 0.29) is 0 Å². The highest BCUT2D eigenvalue weighted by molar-refractivity contribution is 6.77. The van der Waals surface area contributed by atoms with Crippen molar-refractivity contribution < 1.29 is 0 Å². The summed E-state index contributed by atoms with van der Waals surface area (Å²) in [6.45, 7) is 9.91. The Kier molecular flexibility index (Phi) is 2.30. The monoisotopic (exact) mass is 204 g/mol. The van der Waals surface area contributed by atoms with Crippen LogP contribution >= 0.6 is 0 Å². The molecule has 1 aromatic rings. The Morgan fingerprint density at radius 2 is 1.79 bits per heavy atom. The molecule has 0 amide bonds. The highest BCUT2D eigenvalue weighted by Crippen LogP contribution is 2.43. The first-order chi connectivity index (χ1) is 6.50. The normalized spacial score (nSPS) is 26.3. The molecule has 0 heterocycles. The fraction of sp³-hybridized carbons (Fsp3) is 0.538. The van der Waals surface area contributed by atoms with Gasteiger partial charge in [-0.2, -0.15) is 0 Å². The van der Waals surface area contributed by atoms with Gasteiger partial charge in [0.15, 0.2) is 0 Å². The largest absolute Gasteiger partial charge is 0.0691 e. The molecule has 1 aliphatic rings. The average molecular weight is 204 g/mol. The molecular weight excluding hydrogens is 184 g/mol. The molecule has 0 saturated carbocycles. The van der Waals surface area contributed by atoms with Crippen LogP contribution in [0.15, 0.2) is 24.3 Å². The molecule has 1 aliphatic carbocycles. The van der Waals surface area contributed by atoms with E-state index < -0.39 is 8.07 Å². The summed E-state index contributed by atoms with van der Waals surface area (Å²) in [5.41, 5.74) is 4.13. The summed E-state index contributed by atoms with van der Waals surface area (Å²) in [6, 6.07) is 9.04. The molecular formula is C13H20Si. The molecule has 2 rings (SSSR count). The van der Waals surface area contributed by atoms with Gasteiger partial charge < -0.3 is 0 Å². The number of rotatable bonds is 1. The minimum absolute atomic E-state index is 0.860. The van der Waals surface area contributed by atoms with Gasteiger partial charge in [-0.3, -0.25) is 0 Å². The van der Waals surface area contributed by atoms with Gasteiger partial charge in [0.2, 0.25) is 0 Å². The van der Waals surface area contributed by atoms with Gasteiger partial charge >= 0.3 is 0 Å². The van der Waals surface area contributed by atoms with Crippen LogP contribution in [0, 0.1) is 5.92 Å². The highest BCUT2D eigenvalue weighted by Gasteiger charge is 2.38. The summed E-state index contributed by atoms with van der Waals surface area (Å²) >= 11 is 0. The van der Waals surface area contributed by atoms with Crippen molar-refractivity contribution in [2.45, 2.75) is 38.5 Å². The maximum atomic E-state index is 2.50. The van der Waals surface area contributed by atoms with Crippen molar-refractivity contribution in [3.63, 3.8) is 0 Å². The number of fused-ring (bicyclic) bond motifs is 1. The molecule has 14 heavy (non-hydrogen) atoms. The van der Waals surface area contributed by atoms with Gasteiger partial charge in [-0.1, -0.05) is 50.8 Å². The van der Waals surface area contributed by atoms with Crippen LogP contribution in [-0.2, 0) is 6.42 Å². The fourth-order valence-corrected chi connectivity index (χ4v) is 6.15. The smallest absolute Gasteiger partial charge is 0.0525 e. The maximum absolute atomic E-state index is 2.50. The third-order valence-electron chi connectivity index (χ3n) is 3.43. The van der Waals surface area contributed by atoms with Gasteiger partial charge in [0.25, 0.3) is 0 Å². The fourth-order valence-electron chi connectivity index (χ4n) is 3.11. The van der Waals surface area contributed by atoms with Crippen molar-refractivity contribution >= 4 is 8.07 Å². The quantitative estimate of drug-likeness (QED) is 0.610. The summed E-state index contributed by atoms with van der Waals surface area (Å²) in [6.07, 6.45) is 1.30. The second kappa shape index (κ2) is 3.23. The molecule has 1 aromatic carbocycles. The third-order valence-corrected chi connectivity index (χ3v) is 6.18. The van der Waals surface area contributed by atoms with Gasteiger partial charge in [-0.25, -0.2) is 0 Å². The summed E-state index contributed by atoms with van der Waals surface area (Å²) < 4.78 is 0. The van der Waals surface area contributed by atoms with Crippen LogP contribution in [0.4, 0.5) is 0 Å². The molecule has 0 radical (unpaired) electrons. The Morgan fingerprint density at radius 1 is 1.14 bits per heavy atom. The standard InChI is InChI=1S/C13H20Si/c1-10-9-11-7-5-6-8-12(11)13(10)14(2,3)4/h5-8,10,13H,9H2,1-4H3. The summed E-state index contributed by atoms with van der Waals surface area (Å²) in [4.78, 5) is 0. The lowest BCUT2D eigenvalue weighted by Gasteiger charge is -2.29. The highest BCUT2D eigenvalue weighted by atomic mass is 28.3. The second-order valence-corrected chi connectivity index (χ2v) is 11.1. The number of hydrogen-bond acceptors (Lipinski definition) is 0. The summed E-state index contributed by atoms with van der Waals surface area (Å²) in [7, 11) is -1.04. The van der Waals surface area contributed by atoms with E-state index in [0.29, 0.717) is 0 Å². The predicted octanol–water partition coefficient (Wildman–Crippen LogP) is 3.84. The molecule has 76 valence electrons. The van der Waals surface area contributed by atoms with Crippen LogP contribution in [0.25, 0.3) is 0 Å². The molecule has 2 atom stereocenters. The summed E-state index contributed by atoms with van der Waals surface area (Å²) in [5.74, 6) is 0.860. The van der Waals surface area contributed by atoms with E-state index in [9.17, 15) is 0 Å². The van der Waals surface area contributed by atoms with Crippen LogP contribution < -0.4 is 0 Å². The van der Waals surface area contributed by atoms with Crippen LogP contribution in [0.1, 0.15) is 23.6 Å². The zero-order chi connectivity index (χ0) is 10.3. The first-order valence-corrected chi connectivity index (χ1v) is 9.15. The molecule has 0 spiro atoms. The van der Waals surface area contributed by atoms with Crippen molar-refractivity contribution in [1.29, 1.82) is 0 Å². The van der Waals surface area contributed by atoms with Crippen LogP contribution in [0.2, 0.25) is 19.6 Å². The predicted molar refractivity (Wildman–Crippen MR) is 65.4 cm³/mol. The van der Waals surface area contributed by atoms with Crippen LogP contribution in [0.3, 0.4) is 0 Å². The lowest BCUT2D eigenvalue weighted by atomic mass is 10.1. The maximum Gasteiger partial charge on any atom is 0.0525 e. The molecule has 1 heteroatoms. The van der Waals surface area contributed by atoms with E-state index in [1.807, 2.05) is 0 Å². The van der Waals surface area contributed by atoms with E-state index in [4.69, 9.17) is 0 Å². The van der Waals surface area contributed by atoms with Crippen molar-refractivity contribution in [3.05, 3.63) is 35.4 Å². The lowest BCUT2D eigenvalue weighted by Crippen LogP contribution is -2.33. The number of hydrogen-bond donors (Lipinski definition) is 0. The van der Waals surface area contributed by atoms with Crippen LogP contribution in [-0.4, -0.2) is 8.07 Å². The Bertz CT molecular complexity index is 335. The Balaban J connectivity index is 2.45. The topological polar surface area (TPSA) is 0 Å². The van der Waals surface area contributed by atoms with Gasteiger partial charge in [0.05, 0.1) is 8.07 Å². The first kappa shape index (κ1) is 9.97. The van der Waals surface area contributed by atoms with E-state index in [0.717, 1.165) is 11.5 Å². The zero-order valence-corrected chi connectivity index (χ0v) is 10.7. The van der Waals surface area contributed by atoms with E-state index in [1.54, 1.807) is 11.1 Å². The van der Waals surface area contributed by atoms with E-state index >= 15 is 0 Å². The van der Waals surface area contributed by atoms with E-state index in [2.05, 4.69) is 50.8 Å². The Morgan fingerprint density at radius 3 is 2.43 bits per heavy atom. The second-order valence-electron chi connectivity index (χ2n) is 5.72. The molecule has 0 bridgehead atoms. The Hall–Kier alpha value is -0.563. The molecule has 0 aromatic heterocycles. The minimum atomic E-state index is -1.04. The van der Waals surface area contributed by atoms with Gasteiger partial charge in [-0.15, -0.1) is 0 Å². The van der Waals surface area contributed by atoms with Gasteiger partial charge in [0.1, 0.15) is 0 Å². The van der Waals surface area contributed by atoms with Gasteiger partial charge in [-0.05, 0) is 29.0 Å². The van der Waals surface area contributed by atoms with Crippen molar-refractivity contribution in [2.75, 3.05) is 0 Å².